The quantitative estimate of drug-likeness (QED) is 0.686. The molecule has 1 atom stereocenters. The molecule has 0 unspecified atom stereocenters. The van der Waals surface area contributed by atoms with Crippen molar-refractivity contribution in [1.82, 2.24) is 15.5 Å². The number of rotatable bonds is 7. The van der Waals surface area contributed by atoms with E-state index in [1.54, 1.807) is 19.1 Å². The number of hydrogen-bond acceptors (Lipinski definition) is 7. The van der Waals surface area contributed by atoms with Gasteiger partial charge in [-0.05, 0) is 31.0 Å². The minimum Gasteiger partial charge on any atom is -0.337 e. The van der Waals surface area contributed by atoms with Gasteiger partial charge in [0.05, 0.1) is 11.8 Å². The molecular formula is C16H18ClN5OS2. The van der Waals surface area contributed by atoms with E-state index in [4.69, 9.17) is 11.6 Å². The first kappa shape index (κ1) is 19.5. The molecule has 132 valence electrons. The molecule has 0 fully saturated rings. The highest BCUT2D eigenvalue weighted by Crippen LogP contribution is 2.28. The number of nitrogens with one attached hydrogen (secondary N) is 2. The second kappa shape index (κ2) is 8.52. The molecule has 0 spiro atoms. The zero-order valence-electron chi connectivity index (χ0n) is 14.0. The highest BCUT2D eigenvalue weighted by molar-refractivity contribution is 8.01. The molecule has 1 amide bonds. The summed E-state index contributed by atoms with van der Waals surface area (Å²) >= 11 is 8.57. The fraction of sp³-hybridized carbons (Fsp3) is 0.375. The molecule has 0 saturated carbocycles. The van der Waals surface area contributed by atoms with Gasteiger partial charge in [-0.25, -0.2) is 0 Å². The molecule has 0 aliphatic carbocycles. The zero-order chi connectivity index (χ0) is 18.4. The molecule has 0 aliphatic rings. The highest BCUT2D eigenvalue weighted by atomic mass is 35.5. The average Bonchev–Trinajstić information content (AvgIpc) is 3.00. The maximum Gasteiger partial charge on any atom is 0.231 e. The zero-order valence-corrected chi connectivity index (χ0v) is 16.4. The second-order valence-corrected chi connectivity index (χ2v) is 8.45. The van der Waals surface area contributed by atoms with Crippen molar-refractivity contribution in [2.24, 2.45) is 5.92 Å². The summed E-state index contributed by atoms with van der Waals surface area (Å²) in [6.45, 7) is 5.52. The number of amides is 1. The van der Waals surface area contributed by atoms with Crippen LogP contribution in [0, 0.1) is 17.2 Å². The van der Waals surface area contributed by atoms with Crippen LogP contribution in [0.4, 0.5) is 10.8 Å². The first-order valence-corrected chi connectivity index (χ1v) is 9.71. The lowest BCUT2D eigenvalue weighted by Crippen LogP contribution is -2.49. The van der Waals surface area contributed by atoms with E-state index in [2.05, 4.69) is 26.9 Å². The predicted octanol–water partition coefficient (Wildman–Crippen LogP) is 4.08. The van der Waals surface area contributed by atoms with E-state index < -0.39 is 5.54 Å². The summed E-state index contributed by atoms with van der Waals surface area (Å²) in [5, 5.41) is 24.5. The molecule has 1 heterocycles. The molecule has 0 radical (unpaired) electrons. The fourth-order valence-electron chi connectivity index (χ4n) is 1.76. The van der Waals surface area contributed by atoms with Crippen LogP contribution < -0.4 is 10.6 Å². The van der Waals surface area contributed by atoms with E-state index >= 15 is 0 Å². The van der Waals surface area contributed by atoms with Crippen molar-refractivity contribution in [2.45, 2.75) is 30.6 Å². The van der Waals surface area contributed by atoms with Crippen molar-refractivity contribution >= 4 is 51.4 Å². The number of carbonyl (C=O) groups excluding carboxylic acids is 1. The van der Waals surface area contributed by atoms with Crippen molar-refractivity contribution in [3.05, 3.63) is 29.3 Å². The van der Waals surface area contributed by atoms with Gasteiger partial charge in [0.15, 0.2) is 4.34 Å². The molecule has 2 rings (SSSR count). The largest absolute Gasteiger partial charge is 0.337 e. The Morgan fingerprint density at radius 1 is 1.48 bits per heavy atom. The molecule has 25 heavy (non-hydrogen) atoms. The Morgan fingerprint density at radius 2 is 2.24 bits per heavy atom. The lowest BCUT2D eigenvalue weighted by molar-refractivity contribution is -0.120. The molecule has 0 bridgehead atoms. The molecule has 9 heteroatoms. The summed E-state index contributed by atoms with van der Waals surface area (Å²) in [5.41, 5.74) is -0.0578. The third kappa shape index (κ3) is 5.59. The van der Waals surface area contributed by atoms with E-state index in [0.717, 1.165) is 5.69 Å². The van der Waals surface area contributed by atoms with Gasteiger partial charge < -0.3 is 10.6 Å². The minimum atomic E-state index is -0.877. The van der Waals surface area contributed by atoms with Crippen LogP contribution in [0.1, 0.15) is 20.8 Å². The van der Waals surface area contributed by atoms with Gasteiger partial charge in [-0.1, -0.05) is 54.6 Å². The van der Waals surface area contributed by atoms with Crippen LogP contribution >= 0.6 is 34.7 Å². The first-order chi connectivity index (χ1) is 11.8. The Bertz CT molecular complexity index is 789. The predicted molar refractivity (Wildman–Crippen MR) is 102 cm³/mol. The number of halogens is 1. The van der Waals surface area contributed by atoms with E-state index in [9.17, 15) is 10.1 Å². The van der Waals surface area contributed by atoms with Crippen molar-refractivity contribution in [1.29, 1.82) is 5.26 Å². The molecule has 1 aromatic carbocycles. The number of benzene rings is 1. The molecule has 0 saturated heterocycles. The lowest BCUT2D eigenvalue weighted by Gasteiger charge is -2.27. The van der Waals surface area contributed by atoms with Crippen LogP contribution in [0.5, 0.6) is 0 Å². The average molecular weight is 396 g/mol. The van der Waals surface area contributed by atoms with Crippen LogP contribution in [0.2, 0.25) is 5.02 Å². The molecule has 6 nitrogen and oxygen atoms in total. The molecule has 1 aromatic heterocycles. The Kier molecular flexibility index (Phi) is 6.64. The van der Waals surface area contributed by atoms with Gasteiger partial charge in [0.25, 0.3) is 0 Å². The number of hydrogen-bond donors (Lipinski definition) is 2. The van der Waals surface area contributed by atoms with Crippen molar-refractivity contribution in [2.75, 3.05) is 11.1 Å². The van der Waals surface area contributed by atoms with Gasteiger partial charge in [0.2, 0.25) is 11.0 Å². The van der Waals surface area contributed by atoms with Crippen LogP contribution in [0.15, 0.2) is 28.6 Å². The molecular weight excluding hydrogens is 378 g/mol. The monoisotopic (exact) mass is 395 g/mol. The topological polar surface area (TPSA) is 90.7 Å². The van der Waals surface area contributed by atoms with Crippen molar-refractivity contribution in [3.8, 4) is 6.07 Å². The van der Waals surface area contributed by atoms with Gasteiger partial charge in [-0.15, -0.1) is 10.2 Å². The highest BCUT2D eigenvalue weighted by Gasteiger charge is 2.29. The summed E-state index contributed by atoms with van der Waals surface area (Å²) in [5.74, 6) is -0.0146. The Balaban J connectivity index is 1.89. The second-order valence-electron chi connectivity index (χ2n) is 5.81. The summed E-state index contributed by atoms with van der Waals surface area (Å²) < 4.78 is 0.669. The number of nitriles is 1. The molecule has 2 aromatic rings. The van der Waals surface area contributed by atoms with Crippen molar-refractivity contribution in [3.63, 3.8) is 0 Å². The number of aromatic nitrogens is 2. The SMILES string of the molecule is CC(C)[C@@](C)(C#N)NC(=O)CSc1nnc(Nc2cccc(Cl)c2)s1. The number of carbonyl (C=O) groups is 1. The first-order valence-electron chi connectivity index (χ1n) is 7.53. The summed E-state index contributed by atoms with van der Waals surface area (Å²) in [6, 6.07) is 9.45. The summed E-state index contributed by atoms with van der Waals surface area (Å²) in [4.78, 5) is 12.1. The van der Waals surface area contributed by atoms with Gasteiger partial charge in [-0.3, -0.25) is 4.79 Å². The van der Waals surface area contributed by atoms with Crippen molar-refractivity contribution < 1.29 is 4.79 Å². The van der Waals surface area contributed by atoms with Crippen LogP contribution in [-0.2, 0) is 4.79 Å². The van der Waals surface area contributed by atoms with Gasteiger partial charge in [0, 0.05) is 10.7 Å². The molecule has 2 N–H and O–H groups in total. The minimum absolute atomic E-state index is 0.0153. The Labute approximate surface area is 160 Å². The maximum absolute atomic E-state index is 12.1. The Hall–Kier alpha value is -1.82. The van der Waals surface area contributed by atoms with Gasteiger partial charge >= 0.3 is 0 Å². The van der Waals surface area contributed by atoms with Crippen LogP contribution in [0.25, 0.3) is 0 Å². The normalized spacial score (nSPS) is 13.1. The third-order valence-electron chi connectivity index (χ3n) is 3.60. The maximum atomic E-state index is 12.1. The van der Waals surface area contributed by atoms with Crippen LogP contribution in [0.3, 0.4) is 0 Å². The van der Waals surface area contributed by atoms with Crippen LogP contribution in [-0.4, -0.2) is 27.4 Å². The lowest BCUT2D eigenvalue weighted by atomic mass is 9.90. The van der Waals surface area contributed by atoms with Gasteiger partial charge in [0.1, 0.15) is 5.54 Å². The summed E-state index contributed by atoms with van der Waals surface area (Å²) in [7, 11) is 0. The van der Waals surface area contributed by atoms with Gasteiger partial charge in [-0.2, -0.15) is 5.26 Å². The van der Waals surface area contributed by atoms with E-state index in [1.165, 1.54) is 23.1 Å². The fourth-order valence-corrected chi connectivity index (χ4v) is 3.53. The number of nitrogens with zero attached hydrogens (tertiary/aromatic N) is 3. The van der Waals surface area contributed by atoms with E-state index in [-0.39, 0.29) is 17.6 Å². The molecule has 0 aliphatic heterocycles. The standard InChI is InChI=1S/C16H18ClN5OS2/c1-10(2)16(3,9-18)20-13(23)8-24-15-22-21-14(25-15)19-12-6-4-5-11(17)7-12/h4-7,10H,8H2,1-3H3,(H,19,21)(H,20,23)/t16-/m1/s1. The van der Waals surface area contributed by atoms with E-state index in [1.807, 2.05) is 26.0 Å². The number of anilines is 2. The number of thioether (sulfide) groups is 1. The smallest absolute Gasteiger partial charge is 0.231 e. The summed E-state index contributed by atoms with van der Waals surface area (Å²) in [6.07, 6.45) is 0. The Morgan fingerprint density at radius 3 is 2.88 bits per heavy atom. The van der Waals surface area contributed by atoms with E-state index in [0.29, 0.717) is 14.5 Å². The third-order valence-corrected chi connectivity index (χ3v) is 5.80.